The number of rotatable bonds is 4. The molecule has 1 aliphatic rings. The highest BCUT2D eigenvalue weighted by atomic mass is 16.2. The Morgan fingerprint density at radius 2 is 1.74 bits per heavy atom. The summed E-state index contributed by atoms with van der Waals surface area (Å²) < 4.78 is 0. The summed E-state index contributed by atoms with van der Waals surface area (Å²) in [7, 11) is 3.63. The third-order valence-electron chi connectivity index (χ3n) is 5.26. The third-order valence-corrected chi connectivity index (χ3v) is 5.26. The normalized spacial score (nSPS) is 14.6. The van der Waals surface area contributed by atoms with Crippen molar-refractivity contribution < 1.29 is 9.59 Å². The largest absolute Gasteiger partial charge is 0.339 e. The van der Waals surface area contributed by atoms with Crippen molar-refractivity contribution in [2.75, 3.05) is 32.1 Å². The Morgan fingerprint density at radius 3 is 2.37 bits per heavy atom. The summed E-state index contributed by atoms with van der Waals surface area (Å²) in [5.74, 6) is 0.00301. The maximum Gasteiger partial charge on any atom is 0.253 e. The highest BCUT2D eigenvalue weighted by Crippen LogP contribution is 2.30. The fourth-order valence-electron chi connectivity index (χ4n) is 3.45. The second-order valence-corrected chi connectivity index (χ2v) is 6.99. The van der Waals surface area contributed by atoms with Crippen molar-refractivity contribution in [3.63, 3.8) is 0 Å². The van der Waals surface area contributed by atoms with E-state index in [0.29, 0.717) is 5.56 Å². The third kappa shape index (κ3) is 4.19. The first-order chi connectivity index (χ1) is 13.0. The van der Waals surface area contributed by atoms with Gasteiger partial charge in [0.15, 0.2) is 0 Å². The summed E-state index contributed by atoms with van der Waals surface area (Å²) in [6.07, 6.45) is 1.97. The average Bonchev–Trinajstić information content (AvgIpc) is 2.73. The number of benzene rings is 2. The number of amides is 2. The van der Waals surface area contributed by atoms with Crippen LogP contribution in [0, 0.1) is 6.07 Å². The zero-order chi connectivity index (χ0) is 19.4. The van der Waals surface area contributed by atoms with Crippen LogP contribution in [0.2, 0.25) is 0 Å². The lowest BCUT2D eigenvalue weighted by atomic mass is 10.00. The molecule has 5 heteroatoms. The van der Waals surface area contributed by atoms with Crippen LogP contribution in [0.4, 0.5) is 5.69 Å². The van der Waals surface area contributed by atoms with Gasteiger partial charge in [0.1, 0.15) is 0 Å². The molecule has 0 bridgehead atoms. The average molecular weight is 364 g/mol. The van der Waals surface area contributed by atoms with Crippen LogP contribution in [0.5, 0.6) is 0 Å². The number of anilines is 1. The van der Waals surface area contributed by atoms with E-state index in [1.807, 2.05) is 48.3 Å². The lowest BCUT2D eigenvalue weighted by Crippen LogP contribution is -2.43. The molecular weight excluding hydrogens is 338 g/mol. The van der Waals surface area contributed by atoms with E-state index in [2.05, 4.69) is 11.4 Å². The predicted octanol–water partition coefficient (Wildman–Crippen LogP) is 2.96. The van der Waals surface area contributed by atoms with E-state index in [1.165, 1.54) is 6.92 Å². The van der Waals surface area contributed by atoms with Gasteiger partial charge < -0.3 is 15.1 Å². The zero-order valence-electron chi connectivity index (χ0n) is 16.2. The fraction of sp³-hybridized carbons (Fsp3) is 0.364. The molecule has 1 radical (unpaired) electrons. The van der Waals surface area contributed by atoms with Crippen LogP contribution in [-0.4, -0.2) is 49.9 Å². The lowest BCUT2D eigenvalue weighted by Gasteiger charge is -2.31. The molecule has 1 fully saturated rings. The molecule has 1 heterocycles. The van der Waals surface area contributed by atoms with Crippen LogP contribution in [-0.2, 0) is 4.79 Å². The summed E-state index contributed by atoms with van der Waals surface area (Å²) in [4.78, 5) is 28.0. The Kier molecular flexibility index (Phi) is 5.91. The lowest BCUT2D eigenvalue weighted by molar-refractivity contribution is -0.116. The molecule has 0 saturated carbocycles. The Bertz CT molecular complexity index is 811. The molecule has 1 N–H and O–H groups in total. The quantitative estimate of drug-likeness (QED) is 0.907. The van der Waals surface area contributed by atoms with Crippen molar-refractivity contribution in [1.29, 1.82) is 0 Å². The standard InChI is InChI=1S/C22H26N3O2/c1-16(26)24(2)21-7-5-4-6-20(21)17-8-10-18(11-9-17)22(27)25(3)19-12-14-23-15-13-19/h4-6,8-11,19,23H,12-15H2,1-3H3. The van der Waals surface area contributed by atoms with Gasteiger partial charge in [-0.1, -0.05) is 30.3 Å². The number of carbonyl (C=O) groups is 2. The molecular formula is C22H26N3O2. The molecule has 5 nitrogen and oxygen atoms in total. The van der Waals surface area contributed by atoms with Crippen molar-refractivity contribution in [1.82, 2.24) is 10.2 Å². The number of para-hydroxylation sites is 1. The van der Waals surface area contributed by atoms with Crippen molar-refractivity contribution >= 4 is 17.5 Å². The topological polar surface area (TPSA) is 52.7 Å². The van der Waals surface area contributed by atoms with E-state index in [0.717, 1.165) is 42.7 Å². The molecule has 0 spiro atoms. The van der Waals surface area contributed by atoms with Gasteiger partial charge in [-0.25, -0.2) is 0 Å². The van der Waals surface area contributed by atoms with E-state index < -0.39 is 0 Å². The Morgan fingerprint density at radius 1 is 1.07 bits per heavy atom. The molecule has 2 aromatic carbocycles. The van der Waals surface area contributed by atoms with E-state index >= 15 is 0 Å². The monoisotopic (exact) mass is 364 g/mol. The van der Waals surface area contributed by atoms with Crippen LogP contribution in [0.3, 0.4) is 0 Å². The molecule has 2 amide bonds. The van der Waals surface area contributed by atoms with Gasteiger partial charge in [-0.05, 0) is 43.6 Å². The molecule has 0 atom stereocenters. The zero-order valence-corrected chi connectivity index (χ0v) is 16.2. The summed E-state index contributed by atoms with van der Waals surface area (Å²) in [5.41, 5.74) is 3.29. The summed E-state index contributed by atoms with van der Waals surface area (Å²) in [5, 5.41) is 3.33. The minimum absolute atomic E-state index is 0.0471. The maximum absolute atomic E-state index is 12.8. The Balaban J connectivity index is 1.82. The molecule has 0 aromatic heterocycles. The van der Waals surface area contributed by atoms with E-state index in [-0.39, 0.29) is 17.9 Å². The molecule has 141 valence electrons. The predicted molar refractivity (Wildman–Crippen MR) is 108 cm³/mol. The van der Waals surface area contributed by atoms with Gasteiger partial charge in [0.2, 0.25) is 5.91 Å². The molecule has 27 heavy (non-hydrogen) atoms. The van der Waals surface area contributed by atoms with Gasteiger partial charge in [-0.3, -0.25) is 9.59 Å². The molecule has 0 aliphatic carbocycles. The molecule has 1 saturated heterocycles. The second kappa shape index (κ2) is 8.35. The van der Waals surface area contributed by atoms with Crippen molar-refractivity contribution in [3.05, 3.63) is 54.1 Å². The van der Waals surface area contributed by atoms with E-state index in [9.17, 15) is 9.59 Å². The van der Waals surface area contributed by atoms with Crippen LogP contribution in [0.25, 0.3) is 11.1 Å². The van der Waals surface area contributed by atoms with Gasteiger partial charge in [0, 0.05) is 44.3 Å². The first kappa shape index (κ1) is 19.1. The smallest absolute Gasteiger partial charge is 0.253 e. The van der Waals surface area contributed by atoms with Crippen molar-refractivity contribution in [3.8, 4) is 11.1 Å². The van der Waals surface area contributed by atoms with E-state index in [4.69, 9.17) is 0 Å². The second-order valence-electron chi connectivity index (χ2n) is 6.99. The minimum Gasteiger partial charge on any atom is -0.339 e. The maximum atomic E-state index is 12.8. The first-order valence-electron chi connectivity index (χ1n) is 9.32. The Hall–Kier alpha value is -2.66. The fourth-order valence-corrected chi connectivity index (χ4v) is 3.45. The van der Waals surface area contributed by atoms with Crippen LogP contribution >= 0.6 is 0 Å². The number of hydrogen-bond donors (Lipinski definition) is 1. The molecule has 0 unspecified atom stereocenters. The molecule has 3 rings (SSSR count). The number of hydrogen-bond acceptors (Lipinski definition) is 3. The van der Waals surface area contributed by atoms with Crippen molar-refractivity contribution in [2.45, 2.75) is 25.8 Å². The molecule has 1 aliphatic heterocycles. The van der Waals surface area contributed by atoms with Crippen molar-refractivity contribution in [2.24, 2.45) is 0 Å². The summed E-state index contributed by atoms with van der Waals surface area (Å²) >= 11 is 0. The number of carbonyl (C=O) groups excluding carboxylic acids is 2. The van der Waals surface area contributed by atoms with Gasteiger partial charge >= 0.3 is 0 Å². The van der Waals surface area contributed by atoms with Gasteiger partial charge in [-0.15, -0.1) is 0 Å². The first-order valence-corrected chi connectivity index (χ1v) is 9.32. The summed E-state index contributed by atoms with van der Waals surface area (Å²) in [6.45, 7) is 3.44. The number of piperidine rings is 1. The minimum atomic E-state index is -0.0471. The highest BCUT2D eigenvalue weighted by Gasteiger charge is 2.23. The van der Waals surface area contributed by atoms with Gasteiger partial charge in [-0.2, -0.15) is 0 Å². The van der Waals surface area contributed by atoms with Crippen LogP contribution in [0.15, 0.2) is 42.5 Å². The molecule has 2 aromatic rings. The summed E-state index contributed by atoms with van der Waals surface area (Å²) in [6, 6.07) is 16.7. The van der Waals surface area contributed by atoms with Crippen LogP contribution in [0.1, 0.15) is 30.1 Å². The van der Waals surface area contributed by atoms with Gasteiger partial charge in [0.25, 0.3) is 5.91 Å². The number of nitrogens with zero attached hydrogens (tertiary/aromatic N) is 2. The number of nitrogens with one attached hydrogen (secondary N) is 1. The van der Waals surface area contributed by atoms with Gasteiger partial charge in [0.05, 0.1) is 5.69 Å². The van der Waals surface area contributed by atoms with E-state index in [1.54, 1.807) is 18.0 Å². The SMILES string of the molecule is CC(=O)N(C)c1[c]cccc1-c1ccc(C(=O)N(C)C2CCNCC2)cc1. The highest BCUT2D eigenvalue weighted by molar-refractivity contribution is 5.97. The van der Waals surface area contributed by atoms with Crippen LogP contribution < -0.4 is 10.2 Å². The Labute approximate surface area is 161 Å².